The van der Waals surface area contributed by atoms with E-state index in [4.69, 9.17) is 4.74 Å². The van der Waals surface area contributed by atoms with E-state index in [1.807, 2.05) is 24.3 Å². The lowest BCUT2D eigenvalue weighted by Gasteiger charge is -2.08. The number of hydrogen-bond donors (Lipinski definition) is 1. The average molecular weight is 287 g/mol. The predicted molar refractivity (Wildman–Crippen MR) is 79.3 cm³/mol. The first-order valence-electron chi connectivity index (χ1n) is 6.68. The van der Waals surface area contributed by atoms with Gasteiger partial charge in [0.15, 0.2) is 0 Å². The van der Waals surface area contributed by atoms with Crippen LogP contribution in [0.3, 0.4) is 0 Å². The molecule has 0 radical (unpaired) electrons. The Morgan fingerprint density at radius 2 is 1.67 bits per heavy atom. The number of non-ortho nitro benzene ring substituents is 1. The van der Waals surface area contributed by atoms with E-state index < -0.39 is 4.92 Å². The van der Waals surface area contributed by atoms with Gasteiger partial charge in [-0.2, -0.15) is 0 Å². The van der Waals surface area contributed by atoms with Crippen LogP contribution in [0.1, 0.15) is 18.1 Å². The summed E-state index contributed by atoms with van der Waals surface area (Å²) < 4.78 is 5.62. The van der Waals surface area contributed by atoms with Gasteiger partial charge in [0.2, 0.25) is 0 Å². The van der Waals surface area contributed by atoms with Gasteiger partial charge in [-0.3, -0.25) is 10.1 Å². The summed E-state index contributed by atoms with van der Waals surface area (Å²) in [5.41, 5.74) is 1.99. The number of ether oxygens (including phenoxy) is 1. The number of hydrogen-bond acceptors (Lipinski definition) is 4. The minimum Gasteiger partial charge on any atom is -0.489 e. The van der Waals surface area contributed by atoms with E-state index in [-0.39, 0.29) is 11.8 Å². The van der Waals surface area contributed by atoms with Crippen LogP contribution in [0.4, 0.5) is 5.69 Å². The Morgan fingerprint density at radius 1 is 1.10 bits per heavy atom. The summed E-state index contributed by atoms with van der Waals surface area (Å²) in [6, 6.07) is 13.8. The van der Waals surface area contributed by atoms with E-state index >= 15 is 0 Å². The molecule has 5 heteroatoms. The molecule has 0 aliphatic heterocycles. The molecule has 1 N–H and O–H groups in total. The van der Waals surface area contributed by atoms with E-state index in [0.29, 0.717) is 13.0 Å². The zero-order chi connectivity index (χ0) is 15.2. The van der Waals surface area contributed by atoms with Gasteiger partial charge in [-0.1, -0.05) is 12.1 Å². The summed E-state index contributed by atoms with van der Waals surface area (Å²) in [7, 11) is 0. The highest BCUT2D eigenvalue weighted by Gasteiger charge is 2.04. The van der Waals surface area contributed by atoms with Gasteiger partial charge >= 0.3 is 0 Å². The third kappa shape index (κ3) is 4.57. The van der Waals surface area contributed by atoms with E-state index in [2.05, 4.69) is 0 Å². The minimum atomic E-state index is -0.425. The molecular weight excluding hydrogens is 270 g/mol. The first-order valence-corrected chi connectivity index (χ1v) is 6.68. The van der Waals surface area contributed by atoms with E-state index in [0.717, 1.165) is 16.9 Å². The topological polar surface area (TPSA) is 72.6 Å². The van der Waals surface area contributed by atoms with Gasteiger partial charge in [0.25, 0.3) is 5.69 Å². The molecule has 5 nitrogen and oxygen atoms in total. The van der Waals surface area contributed by atoms with Gasteiger partial charge in [0.05, 0.1) is 11.0 Å². The van der Waals surface area contributed by atoms with Gasteiger partial charge in [-0.25, -0.2) is 0 Å². The Kier molecular flexibility index (Phi) is 4.90. The van der Waals surface area contributed by atoms with E-state index in [1.54, 1.807) is 19.1 Å². The van der Waals surface area contributed by atoms with Crippen molar-refractivity contribution in [3.8, 4) is 5.75 Å². The summed E-state index contributed by atoms with van der Waals surface area (Å²) in [6.45, 7) is 2.10. The molecule has 0 saturated heterocycles. The molecule has 0 saturated carbocycles. The van der Waals surface area contributed by atoms with Crippen molar-refractivity contribution in [1.82, 2.24) is 0 Å². The van der Waals surface area contributed by atoms with Crippen LogP contribution in [-0.2, 0) is 13.0 Å². The van der Waals surface area contributed by atoms with Crippen molar-refractivity contribution in [2.75, 3.05) is 0 Å². The summed E-state index contributed by atoms with van der Waals surface area (Å²) in [5, 5.41) is 19.9. The highest BCUT2D eigenvalue weighted by atomic mass is 16.6. The molecule has 2 aromatic carbocycles. The van der Waals surface area contributed by atoms with Crippen molar-refractivity contribution in [3.05, 3.63) is 69.8 Å². The van der Waals surface area contributed by atoms with Crippen LogP contribution in [-0.4, -0.2) is 16.1 Å². The highest BCUT2D eigenvalue weighted by Crippen LogP contribution is 2.17. The fourth-order valence-electron chi connectivity index (χ4n) is 1.94. The molecule has 2 aromatic rings. The molecule has 1 atom stereocenters. The van der Waals surface area contributed by atoms with Crippen LogP contribution in [0.2, 0.25) is 0 Å². The van der Waals surface area contributed by atoms with E-state index in [1.165, 1.54) is 12.1 Å². The van der Waals surface area contributed by atoms with Gasteiger partial charge < -0.3 is 9.84 Å². The number of rotatable bonds is 6. The fraction of sp³-hybridized carbons (Fsp3) is 0.250. The summed E-state index contributed by atoms with van der Waals surface area (Å²) >= 11 is 0. The van der Waals surface area contributed by atoms with Gasteiger partial charge in [-0.15, -0.1) is 0 Å². The van der Waals surface area contributed by atoms with Crippen LogP contribution in [0.5, 0.6) is 5.75 Å². The fourth-order valence-corrected chi connectivity index (χ4v) is 1.94. The third-order valence-electron chi connectivity index (χ3n) is 3.01. The molecule has 0 heterocycles. The second-order valence-corrected chi connectivity index (χ2v) is 4.91. The summed E-state index contributed by atoms with van der Waals surface area (Å²) in [5.74, 6) is 0.725. The number of nitro groups is 1. The molecule has 110 valence electrons. The second-order valence-electron chi connectivity index (χ2n) is 4.91. The number of aliphatic hydroxyl groups excluding tert-OH is 1. The maximum absolute atomic E-state index is 10.6. The molecule has 1 unspecified atom stereocenters. The highest BCUT2D eigenvalue weighted by molar-refractivity contribution is 5.33. The minimum absolute atomic E-state index is 0.0706. The number of aliphatic hydroxyl groups is 1. The average Bonchev–Trinajstić information content (AvgIpc) is 2.46. The molecule has 0 fully saturated rings. The number of nitrogens with zero attached hydrogens (tertiary/aromatic N) is 1. The first kappa shape index (κ1) is 15.0. The molecule has 21 heavy (non-hydrogen) atoms. The molecule has 2 rings (SSSR count). The molecule has 0 aromatic heterocycles. The number of benzene rings is 2. The largest absolute Gasteiger partial charge is 0.489 e. The van der Waals surface area contributed by atoms with Crippen LogP contribution < -0.4 is 4.74 Å². The first-order chi connectivity index (χ1) is 10.0. The maximum Gasteiger partial charge on any atom is 0.269 e. The number of nitro benzene ring substituents is 1. The lowest BCUT2D eigenvalue weighted by Crippen LogP contribution is -2.03. The Balaban J connectivity index is 1.91. The van der Waals surface area contributed by atoms with Crippen LogP contribution in [0.25, 0.3) is 0 Å². The van der Waals surface area contributed by atoms with Crippen molar-refractivity contribution in [2.45, 2.75) is 26.1 Å². The van der Waals surface area contributed by atoms with Crippen LogP contribution in [0.15, 0.2) is 48.5 Å². The van der Waals surface area contributed by atoms with Crippen molar-refractivity contribution >= 4 is 5.69 Å². The SMILES string of the molecule is CC(O)Cc1ccc(OCc2ccc([N+](=O)[O-])cc2)cc1. The molecule has 0 aliphatic rings. The molecule has 0 aliphatic carbocycles. The Bertz CT molecular complexity index is 591. The van der Waals surface area contributed by atoms with Gasteiger partial charge in [0, 0.05) is 12.1 Å². The maximum atomic E-state index is 10.6. The molecule has 0 spiro atoms. The molecule has 0 bridgehead atoms. The van der Waals surface area contributed by atoms with Crippen molar-refractivity contribution < 1.29 is 14.8 Å². The standard InChI is InChI=1S/C16H17NO4/c1-12(18)10-13-4-8-16(9-5-13)21-11-14-2-6-15(7-3-14)17(19)20/h2-9,12,18H,10-11H2,1H3. The third-order valence-corrected chi connectivity index (χ3v) is 3.01. The Morgan fingerprint density at radius 3 is 2.19 bits per heavy atom. The smallest absolute Gasteiger partial charge is 0.269 e. The van der Waals surface area contributed by atoms with E-state index in [9.17, 15) is 15.2 Å². The summed E-state index contributed by atoms with van der Waals surface area (Å²) in [6.07, 6.45) is 0.250. The quantitative estimate of drug-likeness (QED) is 0.654. The Hall–Kier alpha value is -2.40. The lowest BCUT2D eigenvalue weighted by atomic mass is 10.1. The molecular formula is C16H17NO4. The predicted octanol–water partition coefficient (Wildman–Crippen LogP) is 3.10. The monoisotopic (exact) mass is 287 g/mol. The van der Waals surface area contributed by atoms with Crippen molar-refractivity contribution in [1.29, 1.82) is 0 Å². The molecule has 0 amide bonds. The van der Waals surface area contributed by atoms with Crippen molar-refractivity contribution in [2.24, 2.45) is 0 Å². The lowest BCUT2D eigenvalue weighted by molar-refractivity contribution is -0.384. The van der Waals surface area contributed by atoms with Gasteiger partial charge in [0.1, 0.15) is 12.4 Å². The van der Waals surface area contributed by atoms with Crippen LogP contribution in [0, 0.1) is 10.1 Å². The van der Waals surface area contributed by atoms with Gasteiger partial charge in [-0.05, 0) is 48.7 Å². The zero-order valence-corrected chi connectivity index (χ0v) is 11.7. The normalized spacial score (nSPS) is 11.9. The Labute approximate surface area is 123 Å². The van der Waals surface area contributed by atoms with Crippen LogP contribution >= 0.6 is 0 Å². The van der Waals surface area contributed by atoms with Crippen molar-refractivity contribution in [3.63, 3.8) is 0 Å². The zero-order valence-electron chi connectivity index (χ0n) is 11.7. The second kappa shape index (κ2) is 6.85. The summed E-state index contributed by atoms with van der Waals surface area (Å²) in [4.78, 5) is 10.1.